The zero-order valence-corrected chi connectivity index (χ0v) is 15.3. The van der Waals surface area contributed by atoms with Crippen LogP contribution in [0.25, 0.3) is 20.7 Å². The van der Waals surface area contributed by atoms with Gasteiger partial charge in [-0.05, 0) is 34.4 Å². The molecule has 0 aliphatic carbocycles. The van der Waals surface area contributed by atoms with Crippen molar-refractivity contribution < 1.29 is 4.79 Å². The molecule has 2 aromatic carbocycles. The first-order chi connectivity index (χ1) is 12.2. The molecule has 0 saturated carbocycles. The molecule has 0 aliphatic heterocycles. The molecule has 25 heavy (non-hydrogen) atoms. The van der Waals surface area contributed by atoms with E-state index < -0.39 is 0 Å². The average molecular weight is 364 g/mol. The Hall–Kier alpha value is -2.50. The van der Waals surface area contributed by atoms with Gasteiger partial charge in [-0.1, -0.05) is 36.4 Å². The van der Waals surface area contributed by atoms with Gasteiger partial charge < -0.3 is 4.90 Å². The van der Waals surface area contributed by atoms with Crippen molar-refractivity contribution in [3.8, 4) is 9.88 Å². The third-order valence-corrected chi connectivity index (χ3v) is 6.04. The van der Waals surface area contributed by atoms with Gasteiger partial charge in [-0.2, -0.15) is 0 Å². The van der Waals surface area contributed by atoms with Crippen LogP contribution in [-0.4, -0.2) is 17.9 Å². The molecule has 0 unspecified atom stereocenters. The summed E-state index contributed by atoms with van der Waals surface area (Å²) >= 11 is 3.25. The first-order valence-corrected chi connectivity index (χ1v) is 9.70. The summed E-state index contributed by atoms with van der Waals surface area (Å²) in [4.78, 5) is 20.1. The maximum Gasteiger partial charge on any atom is 0.232 e. The van der Waals surface area contributed by atoms with Crippen LogP contribution in [0.15, 0.2) is 65.4 Å². The molecule has 0 atom stereocenters. The molecule has 1 amide bonds. The molecule has 0 aliphatic rings. The number of nitrogens with zero attached hydrogens (tertiary/aromatic N) is 2. The highest BCUT2D eigenvalue weighted by Crippen LogP contribution is 2.28. The van der Waals surface area contributed by atoms with Crippen LogP contribution in [0.1, 0.15) is 5.69 Å². The van der Waals surface area contributed by atoms with Crippen LogP contribution in [0, 0.1) is 0 Å². The lowest BCUT2D eigenvalue weighted by atomic mass is 10.1. The van der Waals surface area contributed by atoms with Crippen LogP contribution in [0.2, 0.25) is 0 Å². The minimum atomic E-state index is 0.0401. The van der Waals surface area contributed by atoms with Crippen molar-refractivity contribution in [1.29, 1.82) is 0 Å². The van der Waals surface area contributed by atoms with Crippen LogP contribution in [0.3, 0.4) is 0 Å². The first-order valence-electron chi connectivity index (χ1n) is 7.94. The second kappa shape index (κ2) is 6.78. The molecular formula is C20H16N2OS2. The fourth-order valence-electron chi connectivity index (χ4n) is 2.70. The summed E-state index contributed by atoms with van der Waals surface area (Å²) < 4.78 is 0. The Bertz CT molecular complexity index is 1020. The molecule has 4 aromatic rings. The van der Waals surface area contributed by atoms with Crippen molar-refractivity contribution in [1.82, 2.24) is 4.98 Å². The number of benzene rings is 2. The van der Waals surface area contributed by atoms with Crippen molar-refractivity contribution in [2.45, 2.75) is 6.42 Å². The number of thiophene rings is 1. The lowest BCUT2D eigenvalue weighted by molar-refractivity contribution is -0.117. The van der Waals surface area contributed by atoms with Gasteiger partial charge in [0.2, 0.25) is 5.91 Å². The summed E-state index contributed by atoms with van der Waals surface area (Å²) in [7, 11) is 1.82. The van der Waals surface area contributed by atoms with Crippen molar-refractivity contribution in [2.24, 2.45) is 0 Å². The van der Waals surface area contributed by atoms with Gasteiger partial charge in [0.05, 0.1) is 17.0 Å². The van der Waals surface area contributed by atoms with E-state index in [-0.39, 0.29) is 5.91 Å². The lowest BCUT2D eigenvalue weighted by Crippen LogP contribution is -2.27. The zero-order chi connectivity index (χ0) is 17.2. The van der Waals surface area contributed by atoms with E-state index in [0.717, 1.165) is 26.7 Å². The molecule has 3 nitrogen and oxygen atoms in total. The molecule has 2 heterocycles. The Kier molecular flexibility index (Phi) is 4.34. The van der Waals surface area contributed by atoms with Crippen LogP contribution in [-0.2, 0) is 11.2 Å². The zero-order valence-electron chi connectivity index (χ0n) is 13.7. The van der Waals surface area contributed by atoms with E-state index in [2.05, 4.69) is 23.2 Å². The lowest BCUT2D eigenvalue weighted by Gasteiger charge is -2.17. The summed E-state index contributed by atoms with van der Waals surface area (Å²) in [6.45, 7) is 0. The van der Waals surface area contributed by atoms with Gasteiger partial charge in [-0.25, -0.2) is 4.98 Å². The molecule has 2 aromatic heterocycles. The topological polar surface area (TPSA) is 33.2 Å². The van der Waals surface area contributed by atoms with Gasteiger partial charge in [-0.15, -0.1) is 22.7 Å². The van der Waals surface area contributed by atoms with E-state index in [9.17, 15) is 4.79 Å². The third-order valence-electron chi connectivity index (χ3n) is 4.11. The van der Waals surface area contributed by atoms with Crippen molar-refractivity contribution in [2.75, 3.05) is 11.9 Å². The second-order valence-electron chi connectivity index (χ2n) is 5.78. The molecular weight excluding hydrogens is 348 g/mol. The highest BCUT2D eigenvalue weighted by atomic mass is 32.1. The SMILES string of the molecule is CN(C(=O)Cc1csc(-c2cccs2)n1)c1ccc2ccccc2c1. The Morgan fingerprint density at radius 2 is 1.88 bits per heavy atom. The number of thiazole rings is 1. The second-order valence-corrected chi connectivity index (χ2v) is 7.59. The molecule has 0 saturated heterocycles. The fourth-order valence-corrected chi connectivity index (χ4v) is 4.34. The maximum absolute atomic E-state index is 12.6. The van der Waals surface area contributed by atoms with E-state index in [1.54, 1.807) is 27.6 Å². The van der Waals surface area contributed by atoms with Crippen molar-refractivity contribution in [3.63, 3.8) is 0 Å². The van der Waals surface area contributed by atoms with Crippen LogP contribution >= 0.6 is 22.7 Å². The van der Waals surface area contributed by atoms with Gasteiger partial charge in [0, 0.05) is 18.1 Å². The summed E-state index contributed by atoms with van der Waals surface area (Å²) in [6.07, 6.45) is 0.311. The third kappa shape index (κ3) is 3.34. The number of carbonyl (C=O) groups excluding carboxylic acids is 1. The number of rotatable bonds is 4. The summed E-state index contributed by atoms with van der Waals surface area (Å²) in [5.74, 6) is 0.0401. The van der Waals surface area contributed by atoms with E-state index >= 15 is 0 Å². The smallest absolute Gasteiger partial charge is 0.232 e. The van der Waals surface area contributed by atoms with Crippen LogP contribution < -0.4 is 4.90 Å². The molecule has 0 bridgehead atoms. The van der Waals surface area contributed by atoms with E-state index in [0.29, 0.717) is 6.42 Å². The number of amides is 1. The molecule has 4 rings (SSSR count). The minimum Gasteiger partial charge on any atom is -0.315 e. The van der Waals surface area contributed by atoms with E-state index in [1.165, 1.54) is 5.39 Å². The highest BCUT2D eigenvalue weighted by Gasteiger charge is 2.15. The largest absolute Gasteiger partial charge is 0.315 e. The molecule has 0 N–H and O–H groups in total. The summed E-state index contributed by atoms with van der Waals surface area (Å²) in [6, 6.07) is 18.3. The fraction of sp³-hybridized carbons (Fsp3) is 0.100. The monoisotopic (exact) mass is 364 g/mol. The maximum atomic E-state index is 12.6. The van der Waals surface area contributed by atoms with Gasteiger partial charge in [0.1, 0.15) is 5.01 Å². The molecule has 124 valence electrons. The Morgan fingerprint density at radius 3 is 2.68 bits per heavy atom. The van der Waals surface area contributed by atoms with Crippen LogP contribution in [0.5, 0.6) is 0 Å². The minimum absolute atomic E-state index is 0.0401. The normalized spacial score (nSPS) is 10.9. The number of likely N-dealkylation sites (N-methyl/N-ethyl adjacent to an activating group) is 1. The molecule has 0 radical (unpaired) electrons. The van der Waals surface area contributed by atoms with Gasteiger partial charge in [-0.3, -0.25) is 4.79 Å². The van der Waals surface area contributed by atoms with Crippen molar-refractivity contribution in [3.05, 3.63) is 71.1 Å². The number of anilines is 1. The average Bonchev–Trinajstić information content (AvgIpc) is 3.32. The number of aromatic nitrogens is 1. The van der Waals surface area contributed by atoms with E-state index in [4.69, 9.17) is 0 Å². The van der Waals surface area contributed by atoms with E-state index in [1.807, 2.05) is 54.2 Å². The highest BCUT2D eigenvalue weighted by molar-refractivity contribution is 7.20. The number of hydrogen-bond donors (Lipinski definition) is 0. The first kappa shape index (κ1) is 16.0. The predicted octanol–water partition coefficient (Wildman–Crippen LogP) is 5.23. The molecule has 0 spiro atoms. The predicted molar refractivity (Wildman–Crippen MR) is 106 cm³/mol. The van der Waals surface area contributed by atoms with Crippen LogP contribution in [0.4, 0.5) is 5.69 Å². The molecule has 0 fully saturated rings. The summed E-state index contributed by atoms with van der Waals surface area (Å²) in [5, 5.41) is 7.29. The van der Waals surface area contributed by atoms with Crippen molar-refractivity contribution >= 4 is 45.0 Å². The van der Waals surface area contributed by atoms with Gasteiger partial charge in [0.15, 0.2) is 0 Å². The standard InChI is InChI=1S/C20H16N2OS2/c1-22(17-9-8-14-5-2-3-6-15(14)11-17)19(23)12-16-13-25-20(21-16)18-7-4-10-24-18/h2-11,13H,12H2,1H3. The number of hydrogen-bond acceptors (Lipinski definition) is 4. The van der Waals surface area contributed by atoms with Gasteiger partial charge in [0.25, 0.3) is 0 Å². The summed E-state index contributed by atoms with van der Waals surface area (Å²) in [5.41, 5.74) is 1.73. The number of fused-ring (bicyclic) bond motifs is 1. The quantitative estimate of drug-likeness (QED) is 0.497. The Balaban J connectivity index is 1.51. The Labute approximate surface area is 154 Å². The van der Waals surface area contributed by atoms with Gasteiger partial charge >= 0.3 is 0 Å². The Morgan fingerprint density at radius 1 is 1.04 bits per heavy atom. The number of carbonyl (C=O) groups is 1. The molecule has 5 heteroatoms.